The Hall–Kier alpha value is -1.20. The SMILES string of the molecule is NNC(=O)CCCC(=O)c1cccs1. The minimum Gasteiger partial charge on any atom is -0.294 e. The number of Topliss-reactive ketones (excluding diaryl/α,β-unsaturated/α-hetero) is 1. The first-order valence-electron chi connectivity index (χ1n) is 4.30. The van der Waals surface area contributed by atoms with Crippen molar-refractivity contribution in [1.29, 1.82) is 0 Å². The summed E-state index contributed by atoms with van der Waals surface area (Å²) in [6.45, 7) is 0. The topological polar surface area (TPSA) is 72.2 Å². The Kier molecular flexibility index (Phi) is 4.28. The predicted octanol–water partition coefficient (Wildman–Crippen LogP) is 1.09. The summed E-state index contributed by atoms with van der Waals surface area (Å²) in [5, 5.41) is 1.86. The number of hydrogen-bond acceptors (Lipinski definition) is 4. The zero-order valence-corrected chi connectivity index (χ0v) is 8.47. The summed E-state index contributed by atoms with van der Waals surface area (Å²) in [6, 6.07) is 3.63. The number of carbonyl (C=O) groups excluding carboxylic acids is 2. The Morgan fingerprint density at radius 3 is 2.79 bits per heavy atom. The van der Waals surface area contributed by atoms with E-state index in [0.717, 1.165) is 4.88 Å². The number of hydrazine groups is 1. The molecule has 0 aliphatic carbocycles. The van der Waals surface area contributed by atoms with Gasteiger partial charge in [0.25, 0.3) is 0 Å². The highest BCUT2D eigenvalue weighted by atomic mass is 32.1. The fourth-order valence-corrected chi connectivity index (χ4v) is 1.74. The molecule has 14 heavy (non-hydrogen) atoms. The minimum absolute atomic E-state index is 0.0878. The van der Waals surface area contributed by atoms with Crippen molar-refractivity contribution < 1.29 is 9.59 Å². The Labute approximate surface area is 86.1 Å². The van der Waals surface area contributed by atoms with Crippen LogP contribution >= 0.6 is 11.3 Å². The molecule has 0 spiro atoms. The van der Waals surface area contributed by atoms with E-state index in [-0.39, 0.29) is 11.7 Å². The summed E-state index contributed by atoms with van der Waals surface area (Å²) in [5.74, 6) is 4.76. The van der Waals surface area contributed by atoms with Gasteiger partial charge in [0, 0.05) is 12.8 Å². The van der Waals surface area contributed by atoms with E-state index in [1.165, 1.54) is 11.3 Å². The van der Waals surface area contributed by atoms with Crippen molar-refractivity contribution in [2.45, 2.75) is 19.3 Å². The van der Waals surface area contributed by atoms with Gasteiger partial charge < -0.3 is 0 Å². The molecule has 0 aliphatic rings. The van der Waals surface area contributed by atoms with E-state index < -0.39 is 0 Å². The fourth-order valence-electron chi connectivity index (χ4n) is 1.04. The fraction of sp³-hybridized carbons (Fsp3) is 0.333. The largest absolute Gasteiger partial charge is 0.294 e. The Balaban J connectivity index is 2.26. The van der Waals surface area contributed by atoms with Crippen LogP contribution in [0.5, 0.6) is 0 Å². The summed E-state index contributed by atoms with van der Waals surface area (Å²) >= 11 is 1.42. The summed E-state index contributed by atoms with van der Waals surface area (Å²) in [5.41, 5.74) is 2.03. The van der Waals surface area contributed by atoms with Gasteiger partial charge >= 0.3 is 0 Å². The van der Waals surface area contributed by atoms with Crippen LogP contribution in [0.1, 0.15) is 28.9 Å². The van der Waals surface area contributed by atoms with Gasteiger partial charge in [0.2, 0.25) is 5.91 Å². The highest BCUT2D eigenvalue weighted by molar-refractivity contribution is 7.12. The van der Waals surface area contributed by atoms with Crippen LogP contribution in [0.25, 0.3) is 0 Å². The normalized spacial score (nSPS) is 9.79. The summed E-state index contributed by atoms with van der Waals surface area (Å²) in [7, 11) is 0. The van der Waals surface area contributed by atoms with E-state index >= 15 is 0 Å². The maximum Gasteiger partial charge on any atom is 0.233 e. The first-order valence-corrected chi connectivity index (χ1v) is 5.18. The third kappa shape index (κ3) is 3.27. The average molecular weight is 212 g/mol. The van der Waals surface area contributed by atoms with Gasteiger partial charge in [0.15, 0.2) is 5.78 Å². The third-order valence-electron chi connectivity index (χ3n) is 1.76. The predicted molar refractivity (Wildman–Crippen MR) is 54.8 cm³/mol. The molecule has 1 aromatic heterocycles. The molecule has 1 aromatic rings. The van der Waals surface area contributed by atoms with Crippen LogP contribution in [0, 0.1) is 0 Å². The highest BCUT2D eigenvalue weighted by Gasteiger charge is 2.07. The van der Waals surface area contributed by atoms with Crippen LogP contribution in [-0.2, 0) is 4.79 Å². The van der Waals surface area contributed by atoms with Gasteiger partial charge in [-0.3, -0.25) is 15.0 Å². The number of thiophene rings is 1. The van der Waals surface area contributed by atoms with Crippen LogP contribution in [0.3, 0.4) is 0 Å². The molecule has 0 atom stereocenters. The first kappa shape index (κ1) is 10.9. The minimum atomic E-state index is -0.232. The molecule has 0 saturated heterocycles. The second-order valence-corrected chi connectivity index (χ2v) is 3.77. The first-order chi connectivity index (χ1) is 6.74. The van der Waals surface area contributed by atoms with Gasteiger partial charge in [0.05, 0.1) is 4.88 Å². The van der Waals surface area contributed by atoms with E-state index in [0.29, 0.717) is 19.3 Å². The van der Waals surface area contributed by atoms with Crippen LogP contribution in [0.4, 0.5) is 0 Å². The van der Waals surface area contributed by atoms with Gasteiger partial charge in [-0.05, 0) is 17.9 Å². The summed E-state index contributed by atoms with van der Waals surface area (Å²) in [4.78, 5) is 22.9. The highest BCUT2D eigenvalue weighted by Crippen LogP contribution is 2.12. The molecule has 0 fully saturated rings. The third-order valence-corrected chi connectivity index (χ3v) is 2.68. The molecule has 0 bridgehead atoms. The Morgan fingerprint density at radius 1 is 1.43 bits per heavy atom. The Morgan fingerprint density at radius 2 is 2.21 bits per heavy atom. The van der Waals surface area contributed by atoms with Crippen molar-refractivity contribution in [2.75, 3.05) is 0 Å². The van der Waals surface area contributed by atoms with Gasteiger partial charge in [-0.1, -0.05) is 6.07 Å². The van der Waals surface area contributed by atoms with Gasteiger partial charge in [0.1, 0.15) is 0 Å². The van der Waals surface area contributed by atoms with Gasteiger partial charge in [-0.25, -0.2) is 5.84 Å². The zero-order valence-electron chi connectivity index (χ0n) is 7.66. The van der Waals surface area contributed by atoms with Crippen LogP contribution in [-0.4, -0.2) is 11.7 Å². The van der Waals surface area contributed by atoms with Gasteiger partial charge in [-0.15, -0.1) is 11.3 Å². The lowest BCUT2D eigenvalue weighted by atomic mass is 10.1. The van der Waals surface area contributed by atoms with E-state index in [1.54, 1.807) is 6.07 Å². The molecule has 3 N–H and O–H groups in total. The van der Waals surface area contributed by atoms with Crippen LogP contribution < -0.4 is 11.3 Å². The number of nitrogens with one attached hydrogen (secondary N) is 1. The zero-order chi connectivity index (χ0) is 10.4. The van der Waals surface area contributed by atoms with Crippen LogP contribution in [0.2, 0.25) is 0 Å². The molecule has 1 amide bonds. The number of nitrogens with two attached hydrogens (primary N) is 1. The molecule has 0 aliphatic heterocycles. The van der Waals surface area contributed by atoms with Crippen molar-refractivity contribution in [2.24, 2.45) is 5.84 Å². The molecule has 0 unspecified atom stereocenters. The number of amides is 1. The monoisotopic (exact) mass is 212 g/mol. The average Bonchev–Trinajstić information content (AvgIpc) is 2.70. The molecule has 0 aromatic carbocycles. The van der Waals surface area contributed by atoms with Crippen molar-refractivity contribution in [3.05, 3.63) is 22.4 Å². The van der Waals surface area contributed by atoms with Crippen molar-refractivity contribution in [3.63, 3.8) is 0 Å². The second kappa shape index (κ2) is 5.51. The maximum atomic E-state index is 11.4. The standard InChI is InChI=1S/C9H12N2O2S/c10-11-9(13)5-1-3-7(12)8-4-2-6-14-8/h2,4,6H,1,3,5,10H2,(H,11,13). The second-order valence-electron chi connectivity index (χ2n) is 2.82. The summed E-state index contributed by atoms with van der Waals surface area (Å²) < 4.78 is 0. The van der Waals surface area contributed by atoms with Crippen molar-refractivity contribution >= 4 is 23.0 Å². The number of carbonyl (C=O) groups is 2. The molecule has 0 radical (unpaired) electrons. The van der Waals surface area contributed by atoms with Crippen LogP contribution in [0.15, 0.2) is 17.5 Å². The quantitative estimate of drug-likeness (QED) is 0.332. The number of ketones is 1. The smallest absolute Gasteiger partial charge is 0.233 e. The van der Waals surface area contributed by atoms with Crippen molar-refractivity contribution in [1.82, 2.24) is 5.43 Å². The van der Waals surface area contributed by atoms with Gasteiger partial charge in [-0.2, -0.15) is 0 Å². The van der Waals surface area contributed by atoms with E-state index in [9.17, 15) is 9.59 Å². The lowest BCUT2D eigenvalue weighted by Gasteiger charge is -1.98. The number of rotatable bonds is 5. The Bertz CT molecular complexity index is 309. The van der Waals surface area contributed by atoms with Crippen molar-refractivity contribution in [3.8, 4) is 0 Å². The van der Waals surface area contributed by atoms with E-state index in [2.05, 4.69) is 0 Å². The van der Waals surface area contributed by atoms with E-state index in [1.807, 2.05) is 16.9 Å². The molecule has 1 rings (SSSR count). The molecule has 0 saturated carbocycles. The molecular formula is C9H12N2O2S. The summed E-state index contributed by atoms with van der Waals surface area (Å²) in [6.07, 6.45) is 1.24. The maximum absolute atomic E-state index is 11.4. The molecule has 1 heterocycles. The molecular weight excluding hydrogens is 200 g/mol. The lowest BCUT2D eigenvalue weighted by Crippen LogP contribution is -2.29. The molecule has 76 valence electrons. The lowest BCUT2D eigenvalue weighted by molar-refractivity contribution is -0.121. The van der Waals surface area contributed by atoms with E-state index in [4.69, 9.17) is 5.84 Å². The molecule has 4 nitrogen and oxygen atoms in total. The number of hydrogen-bond donors (Lipinski definition) is 2. The molecule has 5 heteroatoms.